The molecule has 0 aliphatic carbocycles. The molecule has 7 heavy (non-hydrogen) atoms. The summed E-state index contributed by atoms with van der Waals surface area (Å²) in [6.07, 6.45) is -1.14. The van der Waals surface area contributed by atoms with Gasteiger partial charge in [0.1, 0.15) is 0 Å². The van der Waals surface area contributed by atoms with E-state index in [1.807, 2.05) is 0 Å². The van der Waals surface area contributed by atoms with Gasteiger partial charge in [0, 0.05) is 0 Å². The molecule has 1 saturated heterocycles. The molecular weight excluding hydrogens is 100 g/mol. The molecule has 3 N–H and O–H groups in total. The minimum atomic E-state index is -1.14. The van der Waals surface area contributed by atoms with E-state index in [9.17, 15) is 0 Å². The van der Waals surface area contributed by atoms with Crippen molar-refractivity contribution in [2.45, 2.75) is 6.10 Å². The van der Waals surface area contributed by atoms with Crippen molar-refractivity contribution in [2.75, 3.05) is 7.05 Å². The predicted molar refractivity (Wildman–Crippen MR) is 19.2 cm³/mol. The Bertz CT molecular complexity index is 65.3. The van der Waals surface area contributed by atoms with Gasteiger partial charge in [0.15, 0.2) is 0 Å². The number of rotatable bonds is 2. The fourth-order valence-corrected chi connectivity index (χ4v) is 0.219. The molecule has 0 aromatic rings. The van der Waals surface area contributed by atoms with Gasteiger partial charge in [-0.1, -0.05) is 0 Å². The monoisotopic (exact) mass is 106 g/mol. The highest BCUT2D eigenvalue weighted by Crippen LogP contribution is 2.23. The van der Waals surface area contributed by atoms with Gasteiger partial charge in [-0.25, -0.2) is 16.1 Å². The number of nitrogens with two attached hydrogens (primary N) is 1. The standard InChI is InChI=1S/C2H6N2O3/c1-4-2(5-3)6-7-2/h4H,3H2,1H3. The predicted octanol–water partition coefficient (Wildman–Crippen LogP) is -1.33. The van der Waals surface area contributed by atoms with E-state index in [1.54, 1.807) is 7.05 Å². The van der Waals surface area contributed by atoms with Crippen molar-refractivity contribution >= 4 is 0 Å². The molecule has 0 spiro atoms. The second-order valence-electron chi connectivity index (χ2n) is 1.09. The molecule has 0 unspecified atom stereocenters. The molecule has 0 bridgehead atoms. The van der Waals surface area contributed by atoms with Crippen molar-refractivity contribution in [2.24, 2.45) is 5.90 Å². The highest BCUT2D eigenvalue weighted by molar-refractivity contribution is 4.48. The van der Waals surface area contributed by atoms with Gasteiger partial charge >= 0.3 is 6.10 Å². The van der Waals surface area contributed by atoms with Gasteiger partial charge in [0.2, 0.25) is 0 Å². The van der Waals surface area contributed by atoms with Crippen LogP contribution in [-0.4, -0.2) is 13.1 Å². The van der Waals surface area contributed by atoms with E-state index < -0.39 is 6.10 Å². The Labute approximate surface area is 40.2 Å². The molecule has 0 saturated carbocycles. The van der Waals surface area contributed by atoms with Crippen molar-refractivity contribution in [1.82, 2.24) is 5.32 Å². The summed E-state index contributed by atoms with van der Waals surface area (Å²) in [4.78, 5) is 12.6. The highest BCUT2D eigenvalue weighted by Gasteiger charge is 2.50. The maximum atomic E-state index is 4.67. The summed E-state index contributed by atoms with van der Waals surface area (Å²) >= 11 is 0. The second-order valence-corrected chi connectivity index (χ2v) is 1.09. The van der Waals surface area contributed by atoms with E-state index in [2.05, 4.69) is 25.8 Å². The highest BCUT2D eigenvalue weighted by atomic mass is 17.5. The summed E-state index contributed by atoms with van der Waals surface area (Å²) in [5, 5.41) is 2.51. The zero-order chi connectivity index (χ0) is 5.33. The van der Waals surface area contributed by atoms with E-state index in [0.717, 1.165) is 0 Å². The molecule has 0 aromatic heterocycles. The molecule has 0 aromatic carbocycles. The normalized spacial score (nSPS) is 24.9. The van der Waals surface area contributed by atoms with Crippen LogP contribution in [0.2, 0.25) is 0 Å². The van der Waals surface area contributed by atoms with Gasteiger partial charge in [-0.2, -0.15) is 0 Å². The molecule has 0 amide bonds. The molecule has 0 atom stereocenters. The van der Waals surface area contributed by atoms with Gasteiger partial charge in [0.05, 0.1) is 0 Å². The molecule has 1 fully saturated rings. The SMILES string of the molecule is CNC1(ON)OO1. The lowest BCUT2D eigenvalue weighted by atomic mass is 11.0. The lowest BCUT2D eigenvalue weighted by molar-refractivity contribution is -0.0774. The topological polar surface area (TPSA) is 72.3 Å². The van der Waals surface area contributed by atoms with Crippen molar-refractivity contribution < 1.29 is 14.6 Å². The summed E-state index contributed by atoms with van der Waals surface area (Å²) in [6.45, 7) is 0. The first-order valence-electron chi connectivity index (χ1n) is 1.76. The molecule has 0 radical (unpaired) electrons. The number of hydrogen-bond acceptors (Lipinski definition) is 5. The van der Waals surface area contributed by atoms with E-state index in [1.165, 1.54) is 0 Å². The molecule has 42 valence electrons. The quantitative estimate of drug-likeness (QED) is 0.197. The summed E-state index contributed by atoms with van der Waals surface area (Å²) in [5.41, 5.74) is 0. The molecule has 5 nitrogen and oxygen atoms in total. The van der Waals surface area contributed by atoms with Crippen molar-refractivity contribution in [1.29, 1.82) is 0 Å². The Kier molecular flexibility index (Phi) is 0.983. The average molecular weight is 106 g/mol. The molecular formula is C2H6N2O3. The van der Waals surface area contributed by atoms with Crippen LogP contribution in [0.3, 0.4) is 0 Å². The van der Waals surface area contributed by atoms with Gasteiger partial charge < -0.3 is 0 Å². The van der Waals surface area contributed by atoms with Crippen molar-refractivity contribution in [3.8, 4) is 0 Å². The van der Waals surface area contributed by atoms with Crippen LogP contribution >= 0.6 is 0 Å². The molecule has 5 heteroatoms. The van der Waals surface area contributed by atoms with E-state index in [0.29, 0.717) is 0 Å². The van der Waals surface area contributed by atoms with Gasteiger partial charge in [-0.15, -0.1) is 9.78 Å². The van der Waals surface area contributed by atoms with Crippen LogP contribution in [-0.2, 0) is 14.6 Å². The molecule has 1 aliphatic heterocycles. The van der Waals surface area contributed by atoms with Crippen LogP contribution in [0.1, 0.15) is 0 Å². The number of nitrogens with one attached hydrogen (secondary N) is 1. The maximum absolute atomic E-state index is 4.67. The lowest BCUT2D eigenvalue weighted by Crippen LogP contribution is -2.34. The molecule has 1 heterocycles. The van der Waals surface area contributed by atoms with E-state index >= 15 is 0 Å². The third-order valence-electron chi connectivity index (χ3n) is 0.696. The lowest BCUT2D eigenvalue weighted by Gasteiger charge is -1.96. The Hall–Kier alpha value is -0.200. The molecule has 1 rings (SSSR count). The van der Waals surface area contributed by atoms with Crippen LogP contribution in [0, 0.1) is 0 Å². The average Bonchev–Trinajstić information content (AvgIpc) is 2.46. The Morgan fingerprint density at radius 1 is 1.71 bits per heavy atom. The first-order chi connectivity index (χ1) is 3.33. The van der Waals surface area contributed by atoms with Gasteiger partial charge in [-0.05, 0) is 7.05 Å². The third kappa shape index (κ3) is 0.718. The zero-order valence-corrected chi connectivity index (χ0v) is 3.80. The van der Waals surface area contributed by atoms with Crippen LogP contribution in [0.15, 0.2) is 0 Å². The van der Waals surface area contributed by atoms with Crippen LogP contribution in [0.25, 0.3) is 0 Å². The Morgan fingerprint density at radius 3 is 2.29 bits per heavy atom. The summed E-state index contributed by atoms with van der Waals surface area (Å²) < 4.78 is 0. The van der Waals surface area contributed by atoms with E-state index in [4.69, 9.17) is 0 Å². The van der Waals surface area contributed by atoms with Gasteiger partial charge in [0.25, 0.3) is 0 Å². The summed E-state index contributed by atoms with van der Waals surface area (Å²) in [7, 11) is 1.60. The van der Waals surface area contributed by atoms with Crippen LogP contribution in [0.5, 0.6) is 0 Å². The van der Waals surface area contributed by atoms with Crippen LogP contribution < -0.4 is 11.2 Å². The van der Waals surface area contributed by atoms with Gasteiger partial charge in [-0.3, -0.25) is 0 Å². The minimum absolute atomic E-state index is 1.14. The zero-order valence-electron chi connectivity index (χ0n) is 3.80. The second kappa shape index (κ2) is 1.39. The van der Waals surface area contributed by atoms with E-state index in [-0.39, 0.29) is 0 Å². The Morgan fingerprint density at radius 2 is 2.29 bits per heavy atom. The first kappa shape index (κ1) is 4.95. The molecule has 1 aliphatic rings. The fourth-order valence-electron chi connectivity index (χ4n) is 0.219. The van der Waals surface area contributed by atoms with Crippen molar-refractivity contribution in [3.63, 3.8) is 0 Å². The Balaban J connectivity index is 2.28. The third-order valence-corrected chi connectivity index (χ3v) is 0.696. The number of hydrogen-bond donors (Lipinski definition) is 2. The fraction of sp³-hybridized carbons (Fsp3) is 1.00. The largest absolute Gasteiger partial charge is 0.420 e. The minimum Gasteiger partial charge on any atom is -0.238 e. The smallest absolute Gasteiger partial charge is 0.238 e. The van der Waals surface area contributed by atoms with Crippen LogP contribution in [0.4, 0.5) is 0 Å². The summed E-state index contributed by atoms with van der Waals surface area (Å²) in [5.74, 6) is 4.67. The van der Waals surface area contributed by atoms with Crippen molar-refractivity contribution in [3.05, 3.63) is 0 Å². The maximum Gasteiger partial charge on any atom is 0.420 e. The summed E-state index contributed by atoms with van der Waals surface area (Å²) in [6, 6.07) is 0. The first-order valence-corrected chi connectivity index (χ1v) is 1.76.